The number of nitrogens with one attached hydrogen (secondary N) is 1. The van der Waals surface area contributed by atoms with Crippen LogP contribution in [0.15, 0.2) is 51.8 Å². The molecule has 0 heterocycles. The van der Waals surface area contributed by atoms with Crippen LogP contribution in [-0.4, -0.2) is 8.42 Å². The van der Waals surface area contributed by atoms with E-state index in [0.717, 1.165) is 5.56 Å². The van der Waals surface area contributed by atoms with Crippen molar-refractivity contribution in [3.63, 3.8) is 0 Å². The molecule has 0 unspecified atom stereocenters. The van der Waals surface area contributed by atoms with E-state index in [1.165, 1.54) is 18.2 Å². The largest absolute Gasteiger partial charge is 0.326 e. The van der Waals surface area contributed by atoms with Gasteiger partial charge in [-0.1, -0.05) is 23.7 Å². The Balaban J connectivity index is 2.32. The van der Waals surface area contributed by atoms with Gasteiger partial charge >= 0.3 is 0 Å². The SMILES string of the molecule is NCc1ccc(S(=O)(=O)Nc2cc(Cl)ccc2Br)cc1. The lowest BCUT2D eigenvalue weighted by atomic mass is 10.2. The van der Waals surface area contributed by atoms with Crippen LogP contribution in [0.3, 0.4) is 0 Å². The van der Waals surface area contributed by atoms with Crippen LogP contribution in [0.1, 0.15) is 5.56 Å². The van der Waals surface area contributed by atoms with Crippen molar-refractivity contribution in [1.29, 1.82) is 0 Å². The van der Waals surface area contributed by atoms with Gasteiger partial charge in [0.15, 0.2) is 0 Å². The molecule has 3 N–H and O–H groups in total. The second-order valence-electron chi connectivity index (χ2n) is 4.08. The van der Waals surface area contributed by atoms with Crippen LogP contribution in [0.4, 0.5) is 5.69 Å². The standard InChI is InChI=1S/C13H12BrClN2O2S/c14-12-6-3-10(15)7-13(12)17-20(18,19)11-4-1-9(8-16)2-5-11/h1-7,17H,8,16H2. The van der Waals surface area contributed by atoms with Crippen LogP contribution in [0.5, 0.6) is 0 Å². The van der Waals surface area contributed by atoms with Crippen molar-refractivity contribution in [1.82, 2.24) is 0 Å². The number of halogens is 2. The zero-order valence-electron chi connectivity index (χ0n) is 10.3. The van der Waals surface area contributed by atoms with Gasteiger partial charge in [0.1, 0.15) is 0 Å². The van der Waals surface area contributed by atoms with E-state index in [0.29, 0.717) is 21.7 Å². The van der Waals surface area contributed by atoms with Crippen LogP contribution < -0.4 is 10.5 Å². The van der Waals surface area contributed by atoms with Crippen LogP contribution in [-0.2, 0) is 16.6 Å². The number of sulfonamides is 1. The maximum Gasteiger partial charge on any atom is 0.261 e. The first-order valence-corrected chi connectivity index (χ1v) is 8.34. The van der Waals surface area contributed by atoms with Crippen molar-refractivity contribution in [3.8, 4) is 0 Å². The third-order valence-electron chi connectivity index (χ3n) is 2.64. The van der Waals surface area contributed by atoms with Gasteiger partial charge in [-0.25, -0.2) is 8.42 Å². The van der Waals surface area contributed by atoms with Crippen molar-refractivity contribution >= 4 is 43.2 Å². The molecule has 2 rings (SSSR count). The summed E-state index contributed by atoms with van der Waals surface area (Å²) >= 11 is 9.14. The molecule has 0 aromatic heterocycles. The Labute approximate surface area is 131 Å². The molecule has 0 atom stereocenters. The summed E-state index contributed by atoms with van der Waals surface area (Å²) in [5.74, 6) is 0. The van der Waals surface area contributed by atoms with Gasteiger partial charge in [-0.3, -0.25) is 4.72 Å². The predicted octanol–water partition coefficient (Wildman–Crippen LogP) is 3.36. The number of hydrogen-bond donors (Lipinski definition) is 2. The highest BCUT2D eigenvalue weighted by molar-refractivity contribution is 9.10. The summed E-state index contributed by atoms with van der Waals surface area (Å²) in [6, 6.07) is 11.3. The van der Waals surface area contributed by atoms with E-state index in [-0.39, 0.29) is 4.90 Å². The van der Waals surface area contributed by atoms with Crippen molar-refractivity contribution < 1.29 is 8.42 Å². The summed E-state index contributed by atoms with van der Waals surface area (Å²) in [6.45, 7) is 0.369. The van der Waals surface area contributed by atoms with Crippen LogP contribution >= 0.6 is 27.5 Å². The lowest BCUT2D eigenvalue weighted by Gasteiger charge is -2.10. The molecular weight excluding hydrogens is 364 g/mol. The van der Waals surface area contributed by atoms with E-state index >= 15 is 0 Å². The molecule has 0 aliphatic carbocycles. The molecule has 0 saturated heterocycles. The molecule has 0 aliphatic heterocycles. The van der Waals surface area contributed by atoms with Gasteiger partial charge in [0.25, 0.3) is 10.0 Å². The molecule has 2 aromatic rings. The highest BCUT2D eigenvalue weighted by Crippen LogP contribution is 2.28. The summed E-state index contributed by atoms with van der Waals surface area (Å²) in [4.78, 5) is 0.168. The molecule has 0 bridgehead atoms. The normalized spacial score (nSPS) is 11.3. The van der Waals surface area contributed by atoms with Crippen LogP contribution in [0.2, 0.25) is 5.02 Å². The monoisotopic (exact) mass is 374 g/mol. The second kappa shape index (κ2) is 6.13. The molecule has 20 heavy (non-hydrogen) atoms. The molecule has 7 heteroatoms. The van der Waals surface area contributed by atoms with Crippen molar-refractivity contribution in [2.24, 2.45) is 5.73 Å². The minimum atomic E-state index is -3.66. The Kier molecular flexibility index (Phi) is 4.70. The molecule has 0 saturated carbocycles. The van der Waals surface area contributed by atoms with E-state index in [9.17, 15) is 8.42 Å². The van der Waals surface area contributed by atoms with Gasteiger partial charge in [0.05, 0.1) is 10.6 Å². The Bertz CT molecular complexity index is 718. The highest BCUT2D eigenvalue weighted by Gasteiger charge is 2.15. The van der Waals surface area contributed by atoms with Gasteiger partial charge in [0, 0.05) is 16.0 Å². The second-order valence-corrected chi connectivity index (χ2v) is 7.05. The van der Waals surface area contributed by atoms with Crippen molar-refractivity contribution in [2.75, 3.05) is 4.72 Å². The lowest BCUT2D eigenvalue weighted by Crippen LogP contribution is -2.13. The number of nitrogens with two attached hydrogens (primary N) is 1. The first kappa shape index (κ1) is 15.3. The van der Waals surface area contributed by atoms with E-state index in [1.807, 2.05) is 0 Å². The first-order valence-electron chi connectivity index (χ1n) is 5.69. The molecule has 0 fully saturated rings. The summed E-state index contributed by atoms with van der Waals surface area (Å²) in [6.07, 6.45) is 0. The maximum atomic E-state index is 12.3. The number of anilines is 1. The molecule has 0 radical (unpaired) electrons. The topological polar surface area (TPSA) is 72.2 Å². The molecule has 2 aromatic carbocycles. The fraction of sp³-hybridized carbons (Fsp3) is 0.0769. The van der Waals surface area contributed by atoms with E-state index in [1.54, 1.807) is 24.3 Å². The Morgan fingerprint density at radius 3 is 2.40 bits per heavy atom. The minimum absolute atomic E-state index is 0.168. The Morgan fingerprint density at radius 2 is 1.80 bits per heavy atom. The number of rotatable bonds is 4. The van der Waals surface area contributed by atoms with E-state index < -0.39 is 10.0 Å². The van der Waals surface area contributed by atoms with Crippen molar-refractivity contribution in [3.05, 3.63) is 57.5 Å². The summed E-state index contributed by atoms with van der Waals surface area (Å²) in [5.41, 5.74) is 6.74. The molecular formula is C13H12BrClN2O2S. The number of hydrogen-bond acceptors (Lipinski definition) is 3. The Morgan fingerprint density at radius 1 is 1.15 bits per heavy atom. The smallest absolute Gasteiger partial charge is 0.261 e. The van der Waals surface area contributed by atoms with E-state index in [4.69, 9.17) is 17.3 Å². The van der Waals surface area contributed by atoms with E-state index in [2.05, 4.69) is 20.7 Å². The van der Waals surface area contributed by atoms with Crippen LogP contribution in [0.25, 0.3) is 0 Å². The third kappa shape index (κ3) is 3.52. The third-order valence-corrected chi connectivity index (χ3v) is 4.95. The molecule has 4 nitrogen and oxygen atoms in total. The zero-order chi connectivity index (χ0) is 14.8. The molecule has 0 amide bonds. The lowest BCUT2D eigenvalue weighted by molar-refractivity contribution is 0.601. The van der Waals surface area contributed by atoms with Gasteiger partial charge < -0.3 is 5.73 Å². The number of benzene rings is 2. The van der Waals surface area contributed by atoms with Crippen LogP contribution in [0, 0.1) is 0 Å². The minimum Gasteiger partial charge on any atom is -0.326 e. The average Bonchev–Trinajstić information content (AvgIpc) is 2.43. The first-order chi connectivity index (χ1) is 9.42. The zero-order valence-corrected chi connectivity index (χ0v) is 13.5. The predicted molar refractivity (Wildman–Crippen MR) is 84.3 cm³/mol. The van der Waals surface area contributed by atoms with Gasteiger partial charge in [-0.15, -0.1) is 0 Å². The summed E-state index contributed by atoms with van der Waals surface area (Å²) in [5, 5.41) is 0.448. The fourth-order valence-corrected chi connectivity index (χ4v) is 3.30. The summed E-state index contributed by atoms with van der Waals surface area (Å²) < 4.78 is 27.6. The van der Waals surface area contributed by atoms with Crippen molar-refractivity contribution in [2.45, 2.75) is 11.4 Å². The van der Waals surface area contributed by atoms with Gasteiger partial charge in [-0.05, 0) is 51.8 Å². The maximum absolute atomic E-state index is 12.3. The quantitative estimate of drug-likeness (QED) is 0.860. The molecule has 0 spiro atoms. The summed E-state index contributed by atoms with van der Waals surface area (Å²) in [7, 11) is -3.66. The molecule has 0 aliphatic rings. The fourth-order valence-electron chi connectivity index (χ4n) is 1.58. The van der Waals surface area contributed by atoms with Gasteiger partial charge in [-0.2, -0.15) is 0 Å². The molecule has 106 valence electrons. The highest BCUT2D eigenvalue weighted by atomic mass is 79.9. The average molecular weight is 376 g/mol. The Hall–Kier alpha value is -1.08. The van der Waals surface area contributed by atoms with Gasteiger partial charge in [0.2, 0.25) is 0 Å².